The number of hydrogen-bond donors (Lipinski definition) is 1. The van der Waals surface area contributed by atoms with Crippen molar-refractivity contribution in [1.29, 1.82) is 0 Å². The van der Waals surface area contributed by atoms with E-state index in [-0.39, 0.29) is 5.56 Å². The molecule has 7 heteroatoms. The first kappa shape index (κ1) is 15.4. The summed E-state index contributed by atoms with van der Waals surface area (Å²) in [4.78, 5) is 6.57. The Kier molecular flexibility index (Phi) is 3.66. The van der Waals surface area contributed by atoms with E-state index in [4.69, 9.17) is 5.10 Å². The lowest BCUT2D eigenvalue weighted by Gasteiger charge is -2.15. The molecular formula is C17H21F2N5. The van der Waals surface area contributed by atoms with Crippen LogP contribution in [0.1, 0.15) is 25.3 Å². The van der Waals surface area contributed by atoms with Gasteiger partial charge in [0, 0.05) is 37.5 Å². The Bertz CT molecular complexity index is 784. The normalized spacial score (nSPS) is 18.3. The van der Waals surface area contributed by atoms with E-state index in [9.17, 15) is 8.78 Å². The number of para-hydroxylation sites is 1. The number of halogens is 2. The van der Waals surface area contributed by atoms with Gasteiger partial charge in [-0.25, -0.2) is 8.78 Å². The van der Waals surface area contributed by atoms with Gasteiger partial charge in [0.15, 0.2) is 5.82 Å². The van der Waals surface area contributed by atoms with Gasteiger partial charge in [-0.3, -0.25) is 9.67 Å². The third-order valence-electron chi connectivity index (χ3n) is 4.67. The standard InChI is InChI=1S/C17H21F2N5/c1-17(18,19)13-6-4-5-12-15(13)24(11-14-20-7-8-21-14)22-16(12)23-9-2-3-10-23/h4-6H,2-3,7-11H2,1H3,(H,20,21). The Labute approximate surface area is 139 Å². The highest BCUT2D eigenvalue weighted by atomic mass is 19.3. The number of amidine groups is 1. The van der Waals surface area contributed by atoms with Crippen LogP contribution in [0, 0.1) is 0 Å². The first-order valence-corrected chi connectivity index (χ1v) is 8.44. The van der Waals surface area contributed by atoms with Crippen molar-refractivity contribution in [3.8, 4) is 0 Å². The first-order chi connectivity index (χ1) is 11.5. The molecule has 24 heavy (non-hydrogen) atoms. The van der Waals surface area contributed by atoms with Gasteiger partial charge >= 0.3 is 0 Å². The van der Waals surface area contributed by atoms with Crippen molar-refractivity contribution in [2.75, 3.05) is 31.1 Å². The molecule has 0 bridgehead atoms. The lowest BCUT2D eigenvalue weighted by molar-refractivity contribution is 0.0187. The number of alkyl halides is 2. The maximum absolute atomic E-state index is 14.2. The van der Waals surface area contributed by atoms with Gasteiger partial charge in [0.1, 0.15) is 5.84 Å². The van der Waals surface area contributed by atoms with Crippen molar-refractivity contribution < 1.29 is 8.78 Å². The number of anilines is 1. The van der Waals surface area contributed by atoms with E-state index in [0.717, 1.165) is 63.0 Å². The summed E-state index contributed by atoms with van der Waals surface area (Å²) in [5, 5.41) is 8.69. The second-order valence-electron chi connectivity index (χ2n) is 6.52. The summed E-state index contributed by atoms with van der Waals surface area (Å²) in [5.41, 5.74) is 0.542. The minimum Gasteiger partial charge on any atom is -0.370 e. The number of fused-ring (bicyclic) bond motifs is 1. The molecule has 1 aromatic heterocycles. The largest absolute Gasteiger partial charge is 0.370 e. The van der Waals surface area contributed by atoms with E-state index in [2.05, 4.69) is 15.2 Å². The Balaban J connectivity index is 1.88. The molecule has 0 aliphatic carbocycles. The molecule has 0 spiro atoms. The van der Waals surface area contributed by atoms with Gasteiger partial charge in [-0.2, -0.15) is 5.10 Å². The predicted octanol–water partition coefficient (Wildman–Crippen LogP) is 2.75. The molecule has 4 rings (SSSR count). The van der Waals surface area contributed by atoms with E-state index in [1.807, 2.05) is 6.07 Å². The van der Waals surface area contributed by atoms with Crippen LogP contribution in [-0.2, 0) is 12.5 Å². The fourth-order valence-corrected chi connectivity index (χ4v) is 3.55. The van der Waals surface area contributed by atoms with Crippen molar-refractivity contribution in [3.05, 3.63) is 23.8 Å². The molecular weight excluding hydrogens is 312 g/mol. The van der Waals surface area contributed by atoms with Gasteiger partial charge in [-0.05, 0) is 18.9 Å². The van der Waals surface area contributed by atoms with E-state index in [0.29, 0.717) is 12.1 Å². The number of nitrogens with one attached hydrogen (secondary N) is 1. The number of aliphatic imine (C=N–C) groups is 1. The Morgan fingerprint density at radius 2 is 2.04 bits per heavy atom. The molecule has 5 nitrogen and oxygen atoms in total. The van der Waals surface area contributed by atoms with E-state index < -0.39 is 5.92 Å². The fourth-order valence-electron chi connectivity index (χ4n) is 3.55. The number of benzene rings is 1. The van der Waals surface area contributed by atoms with Gasteiger partial charge in [-0.1, -0.05) is 12.1 Å². The highest BCUT2D eigenvalue weighted by Gasteiger charge is 2.31. The van der Waals surface area contributed by atoms with E-state index in [1.54, 1.807) is 10.7 Å². The summed E-state index contributed by atoms with van der Waals surface area (Å²) in [7, 11) is 0. The van der Waals surface area contributed by atoms with Gasteiger partial charge in [0.05, 0.1) is 18.6 Å². The van der Waals surface area contributed by atoms with Crippen molar-refractivity contribution >= 4 is 22.6 Å². The zero-order valence-electron chi connectivity index (χ0n) is 13.7. The molecule has 0 amide bonds. The fraction of sp³-hybridized carbons (Fsp3) is 0.529. The summed E-state index contributed by atoms with van der Waals surface area (Å²) in [5.74, 6) is -1.29. The van der Waals surface area contributed by atoms with E-state index in [1.165, 1.54) is 6.07 Å². The van der Waals surface area contributed by atoms with Crippen LogP contribution >= 0.6 is 0 Å². The average molecular weight is 333 g/mol. The Morgan fingerprint density at radius 1 is 1.25 bits per heavy atom. The van der Waals surface area contributed by atoms with E-state index >= 15 is 0 Å². The molecule has 0 saturated carbocycles. The van der Waals surface area contributed by atoms with Gasteiger partial charge < -0.3 is 10.2 Å². The lowest BCUT2D eigenvalue weighted by atomic mass is 10.1. The molecule has 0 atom stereocenters. The second-order valence-corrected chi connectivity index (χ2v) is 6.52. The quantitative estimate of drug-likeness (QED) is 0.936. The molecule has 1 aromatic carbocycles. The van der Waals surface area contributed by atoms with Crippen molar-refractivity contribution in [1.82, 2.24) is 15.1 Å². The van der Waals surface area contributed by atoms with Crippen LogP contribution in [0.5, 0.6) is 0 Å². The molecule has 1 saturated heterocycles. The zero-order valence-corrected chi connectivity index (χ0v) is 13.7. The molecule has 2 aromatic rings. The first-order valence-electron chi connectivity index (χ1n) is 8.44. The lowest BCUT2D eigenvalue weighted by Crippen LogP contribution is -2.25. The van der Waals surface area contributed by atoms with Crippen LogP contribution in [0.2, 0.25) is 0 Å². The number of nitrogens with zero attached hydrogens (tertiary/aromatic N) is 4. The summed E-state index contributed by atoms with van der Waals surface area (Å²) in [6, 6.07) is 5.09. The molecule has 0 radical (unpaired) electrons. The zero-order chi connectivity index (χ0) is 16.7. The minimum atomic E-state index is -2.91. The van der Waals surface area contributed by atoms with Crippen molar-refractivity contribution in [3.63, 3.8) is 0 Å². The molecule has 128 valence electrons. The van der Waals surface area contributed by atoms with Crippen LogP contribution in [0.15, 0.2) is 23.2 Å². The Morgan fingerprint density at radius 3 is 2.71 bits per heavy atom. The smallest absolute Gasteiger partial charge is 0.272 e. The average Bonchev–Trinajstić information content (AvgIpc) is 3.26. The number of aromatic nitrogens is 2. The maximum Gasteiger partial charge on any atom is 0.272 e. The highest BCUT2D eigenvalue weighted by molar-refractivity contribution is 5.95. The monoisotopic (exact) mass is 333 g/mol. The molecule has 2 aliphatic rings. The molecule has 1 fully saturated rings. The SMILES string of the molecule is CC(F)(F)c1cccc2c(N3CCCC3)nn(CC3=NCCN3)c12. The van der Waals surface area contributed by atoms with Crippen LogP contribution in [0.3, 0.4) is 0 Å². The van der Waals surface area contributed by atoms with Crippen LogP contribution in [0.4, 0.5) is 14.6 Å². The van der Waals surface area contributed by atoms with Crippen molar-refractivity contribution in [2.45, 2.75) is 32.2 Å². The number of hydrogen-bond acceptors (Lipinski definition) is 4. The van der Waals surface area contributed by atoms with Crippen LogP contribution in [0.25, 0.3) is 10.9 Å². The molecule has 1 N–H and O–H groups in total. The third kappa shape index (κ3) is 2.61. The van der Waals surface area contributed by atoms with Crippen LogP contribution in [-0.4, -0.2) is 41.8 Å². The highest BCUT2D eigenvalue weighted by Crippen LogP contribution is 2.37. The second kappa shape index (κ2) is 5.72. The van der Waals surface area contributed by atoms with Gasteiger partial charge in [0.25, 0.3) is 5.92 Å². The predicted molar refractivity (Wildman–Crippen MR) is 91.1 cm³/mol. The summed E-state index contributed by atoms with van der Waals surface area (Å²) < 4.78 is 30.0. The minimum absolute atomic E-state index is 0.0246. The third-order valence-corrected chi connectivity index (χ3v) is 4.67. The van der Waals surface area contributed by atoms with Gasteiger partial charge in [-0.15, -0.1) is 0 Å². The van der Waals surface area contributed by atoms with Crippen LogP contribution < -0.4 is 10.2 Å². The molecule has 0 unspecified atom stereocenters. The number of rotatable bonds is 4. The topological polar surface area (TPSA) is 45.5 Å². The molecule has 2 aliphatic heterocycles. The van der Waals surface area contributed by atoms with Gasteiger partial charge in [0.2, 0.25) is 0 Å². The molecule has 3 heterocycles. The van der Waals surface area contributed by atoms with Crippen molar-refractivity contribution in [2.24, 2.45) is 4.99 Å². The Hall–Kier alpha value is -2.18. The summed E-state index contributed by atoms with van der Waals surface area (Å²) in [6.07, 6.45) is 2.23. The summed E-state index contributed by atoms with van der Waals surface area (Å²) in [6.45, 7) is 4.72. The maximum atomic E-state index is 14.2. The summed E-state index contributed by atoms with van der Waals surface area (Å²) >= 11 is 0.